The molecule has 1 N–H and O–H groups in total. The van der Waals surface area contributed by atoms with Gasteiger partial charge in [-0.3, -0.25) is 0 Å². The van der Waals surface area contributed by atoms with Crippen LogP contribution >= 0.6 is 0 Å². The summed E-state index contributed by atoms with van der Waals surface area (Å²) in [6.07, 6.45) is 1.06. The van der Waals surface area contributed by atoms with E-state index in [4.69, 9.17) is 0 Å². The fraction of sp³-hybridized carbons (Fsp3) is 0.333. The smallest absolute Gasteiger partial charge is 0.128 e. The number of hydrogen-bond acceptors (Lipinski definition) is 1. The third kappa shape index (κ3) is 2.70. The number of rotatable bonds is 4. The summed E-state index contributed by atoms with van der Waals surface area (Å²) in [4.78, 5) is 0. The van der Waals surface area contributed by atoms with E-state index >= 15 is 0 Å². The van der Waals surface area contributed by atoms with Crippen molar-refractivity contribution in [3.63, 3.8) is 0 Å². The summed E-state index contributed by atoms with van der Waals surface area (Å²) >= 11 is 0. The van der Waals surface area contributed by atoms with Gasteiger partial charge in [-0.15, -0.1) is 0 Å². The molecule has 2 atom stereocenters. The molecular weight excluding hydrogens is 268 g/mol. The molecule has 1 aliphatic carbocycles. The SMILES string of the molecule is Cc1cc(F)c(C(C)NCC2Cc3ccccc32)cc1F. The first-order valence-electron chi connectivity index (χ1n) is 7.33. The van der Waals surface area contributed by atoms with Gasteiger partial charge in [0, 0.05) is 24.1 Å². The van der Waals surface area contributed by atoms with E-state index < -0.39 is 0 Å². The van der Waals surface area contributed by atoms with E-state index in [2.05, 4.69) is 23.5 Å². The van der Waals surface area contributed by atoms with Gasteiger partial charge in [-0.1, -0.05) is 24.3 Å². The monoisotopic (exact) mass is 287 g/mol. The maximum atomic E-state index is 13.9. The van der Waals surface area contributed by atoms with E-state index in [9.17, 15) is 8.78 Å². The van der Waals surface area contributed by atoms with Gasteiger partial charge in [-0.2, -0.15) is 0 Å². The van der Waals surface area contributed by atoms with Crippen LogP contribution in [0.2, 0.25) is 0 Å². The molecule has 0 saturated carbocycles. The highest BCUT2D eigenvalue weighted by Gasteiger charge is 2.25. The molecule has 21 heavy (non-hydrogen) atoms. The molecule has 110 valence electrons. The summed E-state index contributed by atoms with van der Waals surface area (Å²) in [7, 11) is 0. The van der Waals surface area contributed by atoms with Crippen molar-refractivity contribution in [3.8, 4) is 0 Å². The van der Waals surface area contributed by atoms with Gasteiger partial charge in [-0.25, -0.2) is 8.78 Å². The second-order valence-corrected chi connectivity index (χ2v) is 5.85. The lowest BCUT2D eigenvalue weighted by Crippen LogP contribution is -2.31. The van der Waals surface area contributed by atoms with Crippen molar-refractivity contribution >= 4 is 0 Å². The lowest BCUT2D eigenvalue weighted by atomic mass is 9.77. The number of benzene rings is 2. The second-order valence-electron chi connectivity index (χ2n) is 5.85. The maximum absolute atomic E-state index is 13.9. The third-order valence-electron chi connectivity index (χ3n) is 4.38. The van der Waals surface area contributed by atoms with E-state index in [1.807, 2.05) is 13.0 Å². The molecule has 0 fully saturated rings. The molecule has 0 spiro atoms. The van der Waals surface area contributed by atoms with Gasteiger partial charge in [-0.05, 0) is 49.1 Å². The molecule has 0 saturated heterocycles. The quantitative estimate of drug-likeness (QED) is 0.885. The summed E-state index contributed by atoms with van der Waals surface area (Å²) in [6.45, 7) is 4.23. The van der Waals surface area contributed by atoms with Crippen LogP contribution in [-0.4, -0.2) is 6.54 Å². The Bertz CT molecular complexity index is 666. The number of fused-ring (bicyclic) bond motifs is 1. The lowest BCUT2D eigenvalue weighted by Gasteiger charge is -2.31. The zero-order chi connectivity index (χ0) is 15.0. The van der Waals surface area contributed by atoms with Crippen molar-refractivity contribution in [3.05, 3.63) is 70.3 Å². The molecular formula is C18H19F2N. The highest BCUT2D eigenvalue weighted by molar-refractivity contribution is 5.40. The molecule has 0 amide bonds. The fourth-order valence-electron chi connectivity index (χ4n) is 2.97. The molecule has 2 aromatic carbocycles. The zero-order valence-corrected chi connectivity index (χ0v) is 12.3. The van der Waals surface area contributed by atoms with E-state index in [0.717, 1.165) is 13.0 Å². The molecule has 0 heterocycles. The minimum absolute atomic E-state index is 0.201. The highest BCUT2D eigenvalue weighted by atomic mass is 19.1. The molecule has 0 bridgehead atoms. The number of hydrogen-bond donors (Lipinski definition) is 1. The molecule has 1 aliphatic rings. The summed E-state index contributed by atoms with van der Waals surface area (Å²) < 4.78 is 27.5. The van der Waals surface area contributed by atoms with Crippen LogP contribution in [0.5, 0.6) is 0 Å². The Morgan fingerprint density at radius 1 is 1.19 bits per heavy atom. The van der Waals surface area contributed by atoms with Gasteiger partial charge in [0.1, 0.15) is 11.6 Å². The first-order valence-corrected chi connectivity index (χ1v) is 7.33. The number of nitrogens with one attached hydrogen (secondary N) is 1. The average molecular weight is 287 g/mol. The standard InChI is InChI=1S/C18H19F2N/c1-11-7-18(20)16(9-17(11)19)12(2)21-10-14-8-13-5-3-4-6-15(13)14/h3-7,9,12,14,21H,8,10H2,1-2H3. The predicted octanol–water partition coefficient (Wildman–Crippen LogP) is 4.26. The molecule has 3 rings (SSSR count). The average Bonchev–Trinajstić information content (AvgIpc) is 2.43. The van der Waals surface area contributed by atoms with Gasteiger partial charge in [0.2, 0.25) is 0 Å². The van der Waals surface area contributed by atoms with Crippen LogP contribution < -0.4 is 5.32 Å². The molecule has 3 heteroatoms. The van der Waals surface area contributed by atoms with Crippen LogP contribution in [0.3, 0.4) is 0 Å². The van der Waals surface area contributed by atoms with Gasteiger partial charge >= 0.3 is 0 Å². The zero-order valence-electron chi connectivity index (χ0n) is 12.3. The van der Waals surface area contributed by atoms with Crippen molar-refractivity contribution in [1.82, 2.24) is 5.32 Å². The first kappa shape index (κ1) is 14.2. The highest BCUT2D eigenvalue weighted by Crippen LogP contribution is 2.34. The van der Waals surface area contributed by atoms with Gasteiger partial charge < -0.3 is 5.32 Å². The minimum Gasteiger partial charge on any atom is -0.309 e. The molecule has 0 aliphatic heterocycles. The summed E-state index contributed by atoms with van der Waals surface area (Å²) in [5.74, 6) is -0.223. The van der Waals surface area contributed by atoms with Crippen LogP contribution in [0.15, 0.2) is 36.4 Å². The predicted molar refractivity (Wildman–Crippen MR) is 80.4 cm³/mol. The normalized spacial score (nSPS) is 18.0. The molecule has 0 radical (unpaired) electrons. The van der Waals surface area contributed by atoms with E-state index in [1.54, 1.807) is 6.92 Å². The van der Waals surface area contributed by atoms with Crippen LogP contribution in [0.1, 0.15) is 41.1 Å². The first-order chi connectivity index (χ1) is 10.1. The summed E-state index contributed by atoms with van der Waals surface area (Å²) in [6, 6.07) is 10.7. The fourth-order valence-corrected chi connectivity index (χ4v) is 2.97. The second kappa shape index (κ2) is 5.57. The van der Waals surface area contributed by atoms with Crippen molar-refractivity contribution in [2.45, 2.75) is 32.2 Å². The van der Waals surface area contributed by atoms with Crippen LogP contribution in [0, 0.1) is 18.6 Å². The topological polar surface area (TPSA) is 12.0 Å². The Hall–Kier alpha value is -1.74. The Kier molecular flexibility index (Phi) is 3.77. The lowest BCUT2D eigenvalue weighted by molar-refractivity contribution is 0.470. The molecule has 0 aromatic heterocycles. The Morgan fingerprint density at radius 3 is 2.71 bits per heavy atom. The van der Waals surface area contributed by atoms with E-state index in [-0.39, 0.29) is 17.7 Å². The van der Waals surface area contributed by atoms with Gasteiger partial charge in [0.05, 0.1) is 0 Å². The molecule has 1 nitrogen and oxygen atoms in total. The van der Waals surface area contributed by atoms with Crippen molar-refractivity contribution in [1.29, 1.82) is 0 Å². The molecule has 2 aromatic rings. The summed E-state index contributed by atoms with van der Waals surface area (Å²) in [5.41, 5.74) is 3.50. The van der Waals surface area contributed by atoms with Crippen molar-refractivity contribution < 1.29 is 8.78 Å². The largest absolute Gasteiger partial charge is 0.309 e. The minimum atomic E-state index is -0.353. The summed E-state index contributed by atoms with van der Waals surface area (Å²) in [5, 5.41) is 3.32. The molecule has 2 unspecified atom stereocenters. The Morgan fingerprint density at radius 2 is 1.95 bits per heavy atom. The Labute approximate surface area is 124 Å². The number of halogens is 2. The van der Waals surface area contributed by atoms with Crippen molar-refractivity contribution in [2.75, 3.05) is 6.54 Å². The van der Waals surface area contributed by atoms with Gasteiger partial charge in [0.15, 0.2) is 0 Å². The van der Waals surface area contributed by atoms with Gasteiger partial charge in [0.25, 0.3) is 0 Å². The van der Waals surface area contributed by atoms with Crippen LogP contribution in [-0.2, 0) is 6.42 Å². The maximum Gasteiger partial charge on any atom is 0.128 e. The third-order valence-corrected chi connectivity index (χ3v) is 4.38. The van der Waals surface area contributed by atoms with E-state index in [0.29, 0.717) is 17.0 Å². The number of aryl methyl sites for hydroxylation is 1. The Balaban J connectivity index is 1.66. The van der Waals surface area contributed by atoms with Crippen molar-refractivity contribution in [2.24, 2.45) is 0 Å². The van der Waals surface area contributed by atoms with Crippen LogP contribution in [0.4, 0.5) is 8.78 Å². The van der Waals surface area contributed by atoms with Crippen LogP contribution in [0.25, 0.3) is 0 Å². The van der Waals surface area contributed by atoms with E-state index in [1.165, 1.54) is 23.3 Å².